The first-order valence-corrected chi connectivity index (χ1v) is 8.66. The van der Waals surface area contributed by atoms with Crippen molar-refractivity contribution in [2.45, 2.75) is 37.3 Å². The molecule has 0 aliphatic carbocycles. The maximum Gasteiger partial charge on any atom is 0.330 e. The van der Waals surface area contributed by atoms with E-state index in [0.717, 1.165) is 10.1 Å². The lowest BCUT2D eigenvalue weighted by atomic mass is 10.1. The molecule has 1 aromatic heterocycles. The van der Waals surface area contributed by atoms with Gasteiger partial charge in [0, 0.05) is 6.42 Å². The Balaban J connectivity index is 1.57. The minimum Gasteiger partial charge on any atom is -0.462 e. The molecule has 0 spiro atoms. The molecule has 9 nitrogen and oxygen atoms in total. The molecular formula is C18H20FN3O6. The van der Waals surface area contributed by atoms with Crippen LogP contribution < -0.4 is 17.0 Å². The standard InChI is InChI=1S/C18H20FN3O6/c19-11-8-22(18(26)21-16(11)24)15-7-13(23)14(28-15)9-27-17(25)12(20)6-10-4-2-1-3-5-10/h1-5,8,12-15,23H,6-7,9,20H2,(H,21,24,26)/t12-,13-,14+,15+/m0/s1. The lowest BCUT2D eigenvalue weighted by Gasteiger charge is -2.17. The first-order chi connectivity index (χ1) is 13.3. The summed E-state index contributed by atoms with van der Waals surface area (Å²) in [7, 11) is 0. The monoisotopic (exact) mass is 393 g/mol. The van der Waals surface area contributed by atoms with Crippen LogP contribution >= 0.6 is 0 Å². The molecule has 1 aliphatic rings. The van der Waals surface area contributed by atoms with E-state index in [9.17, 15) is 23.9 Å². The van der Waals surface area contributed by atoms with Crippen molar-refractivity contribution in [3.05, 3.63) is 68.7 Å². The predicted molar refractivity (Wildman–Crippen MR) is 94.9 cm³/mol. The number of carbonyl (C=O) groups is 1. The summed E-state index contributed by atoms with van der Waals surface area (Å²) in [5.74, 6) is -1.81. The van der Waals surface area contributed by atoms with Gasteiger partial charge in [0.05, 0.1) is 12.3 Å². The number of carbonyl (C=O) groups excluding carboxylic acids is 1. The van der Waals surface area contributed by atoms with E-state index in [4.69, 9.17) is 15.2 Å². The van der Waals surface area contributed by atoms with Gasteiger partial charge in [-0.1, -0.05) is 30.3 Å². The van der Waals surface area contributed by atoms with Gasteiger partial charge in [-0.2, -0.15) is 4.39 Å². The molecule has 4 N–H and O–H groups in total. The van der Waals surface area contributed by atoms with Gasteiger partial charge in [0.25, 0.3) is 5.56 Å². The number of benzene rings is 1. The number of esters is 1. The highest BCUT2D eigenvalue weighted by atomic mass is 19.1. The number of H-pyrrole nitrogens is 1. The number of halogens is 1. The van der Waals surface area contributed by atoms with Crippen molar-refractivity contribution in [1.82, 2.24) is 9.55 Å². The minimum atomic E-state index is -1.15. The van der Waals surface area contributed by atoms with Crippen molar-refractivity contribution in [2.75, 3.05) is 6.61 Å². The van der Waals surface area contributed by atoms with Crippen LogP contribution in [0.2, 0.25) is 0 Å². The number of aromatic amines is 1. The molecule has 0 amide bonds. The summed E-state index contributed by atoms with van der Waals surface area (Å²) in [5, 5.41) is 10.1. The molecule has 150 valence electrons. The number of nitrogens with two attached hydrogens (primary N) is 1. The Morgan fingerprint density at radius 3 is 2.82 bits per heavy atom. The van der Waals surface area contributed by atoms with Crippen molar-refractivity contribution in [3.8, 4) is 0 Å². The molecule has 2 heterocycles. The Bertz CT molecular complexity index is 944. The van der Waals surface area contributed by atoms with Gasteiger partial charge in [0.15, 0.2) is 0 Å². The van der Waals surface area contributed by atoms with E-state index in [0.29, 0.717) is 12.6 Å². The number of rotatable bonds is 6. The Kier molecular flexibility index (Phi) is 6.02. The van der Waals surface area contributed by atoms with E-state index in [-0.39, 0.29) is 13.0 Å². The fourth-order valence-electron chi connectivity index (χ4n) is 2.93. The van der Waals surface area contributed by atoms with Crippen molar-refractivity contribution < 1.29 is 23.8 Å². The summed E-state index contributed by atoms with van der Waals surface area (Å²) in [6.45, 7) is -0.278. The maximum atomic E-state index is 13.4. The number of nitrogens with zero attached hydrogens (tertiary/aromatic N) is 1. The minimum absolute atomic E-state index is 0.0380. The van der Waals surface area contributed by atoms with Gasteiger partial charge < -0.3 is 20.3 Å². The van der Waals surface area contributed by atoms with Crippen molar-refractivity contribution in [3.63, 3.8) is 0 Å². The van der Waals surface area contributed by atoms with Gasteiger partial charge in [-0.3, -0.25) is 19.1 Å². The third kappa shape index (κ3) is 4.53. The van der Waals surface area contributed by atoms with E-state index < -0.39 is 47.5 Å². The van der Waals surface area contributed by atoms with Crippen LogP contribution in [0.25, 0.3) is 0 Å². The van der Waals surface area contributed by atoms with Gasteiger partial charge in [-0.25, -0.2) is 4.79 Å². The van der Waals surface area contributed by atoms with Crippen LogP contribution in [0, 0.1) is 5.82 Å². The quantitative estimate of drug-likeness (QED) is 0.560. The highest BCUT2D eigenvalue weighted by Gasteiger charge is 2.36. The van der Waals surface area contributed by atoms with Crippen LogP contribution in [0.4, 0.5) is 4.39 Å². The largest absolute Gasteiger partial charge is 0.462 e. The van der Waals surface area contributed by atoms with Gasteiger partial charge in [0.1, 0.15) is 25.0 Å². The predicted octanol–water partition coefficient (Wildman–Crippen LogP) is -0.563. The highest BCUT2D eigenvalue weighted by molar-refractivity contribution is 5.75. The van der Waals surface area contributed by atoms with Crippen molar-refractivity contribution >= 4 is 5.97 Å². The van der Waals surface area contributed by atoms with Gasteiger partial charge in [-0.05, 0) is 12.0 Å². The normalized spacial score (nSPS) is 22.8. The molecule has 2 aromatic rings. The summed E-state index contributed by atoms with van der Waals surface area (Å²) in [6.07, 6.45) is -2.00. The molecule has 1 aliphatic heterocycles. The summed E-state index contributed by atoms with van der Waals surface area (Å²) in [5.41, 5.74) is 4.71. The van der Waals surface area contributed by atoms with Crippen molar-refractivity contribution in [2.24, 2.45) is 5.73 Å². The second-order valence-electron chi connectivity index (χ2n) is 6.50. The fourth-order valence-corrected chi connectivity index (χ4v) is 2.93. The number of ether oxygens (including phenoxy) is 2. The Morgan fingerprint density at radius 2 is 2.11 bits per heavy atom. The number of aliphatic hydroxyl groups excluding tert-OH is 1. The molecule has 1 fully saturated rings. The lowest BCUT2D eigenvalue weighted by Crippen LogP contribution is -2.37. The van der Waals surface area contributed by atoms with Gasteiger partial charge in [-0.15, -0.1) is 0 Å². The van der Waals surface area contributed by atoms with E-state index in [1.54, 1.807) is 0 Å². The van der Waals surface area contributed by atoms with Gasteiger partial charge >= 0.3 is 11.7 Å². The average molecular weight is 393 g/mol. The molecule has 1 saturated heterocycles. The summed E-state index contributed by atoms with van der Waals surface area (Å²) < 4.78 is 24.9. The second kappa shape index (κ2) is 8.46. The lowest BCUT2D eigenvalue weighted by molar-refractivity contribution is -0.151. The Morgan fingerprint density at radius 1 is 1.39 bits per heavy atom. The highest BCUT2D eigenvalue weighted by Crippen LogP contribution is 2.27. The third-order valence-corrected chi connectivity index (χ3v) is 4.43. The zero-order chi connectivity index (χ0) is 20.3. The number of hydrogen-bond donors (Lipinski definition) is 3. The molecule has 0 radical (unpaired) electrons. The molecule has 0 unspecified atom stereocenters. The van der Waals surface area contributed by atoms with Crippen LogP contribution in [-0.2, 0) is 20.7 Å². The third-order valence-electron chi connectivity index (χ3n) is 4.43. The first-order valence-electron chi connectivity index (χ1n) is 8.66. The SMILES string of the molecule is N[C@@H](Cc1ccccc1)C(=O)OC[C@H]1O[C@@H](n2cc(F)c(=O)[nH]c2=O)C[C@@H]1O. The molecule has 3 rings (SSSR count). The number of nitrogens with one attached hydrogen (secondary N) is 1. The topological polar surface area (TPSA) is 137 Å². The molecule has 0 bridgehead atoms. The maximum absolute atomic E-state index is 13.4. The Labute approximate surface area is 158 Å². The molecule has 28 heavy (non-hydrogen) atoms. The van der Waals surface area contributed by atoms with Crippen LogP contribution in [-0.4, -0.2) is 45.5 Å². The molecule has 10 heteroatoms. The van der Waals surface area contributed by atoms with Crippen LogP contribution in [0.3, 0.4) is 0 Å². The Hall–Kier alpha value is -2.82. The molecule has 0 saturated carbocycles. The van der Waals surface area contributed by atoms with Crippen LogP contribution in [0.5, 0.6) is 0 Å². The zero-order valence-electron chi connectivity index (χ0n) is 14.8. The van der Waals surface area contributed by atoms with E-state index in [2.05, 4.69) is 0 Å². The zero-order valence-corrected chi connectivity index (χ0v) is 14.8. The number of aromatic nitrogens is 2. The molecule has 4 atom stereocenters. The summed E-state index contributed by atoms with van der Waals surface area (Å²) >= 11 is 0. The van der Waals surface area contributed by atoms with Crippen LogP contribution in [0.1, 0.15) is 18.2 Å². The summed E-state index contributed by atoms with van der Waals surface area (Å²) in [6, 6.07) is 8.30. The average Bonchev–Trinajstić information content (AvgIpc) is 3.04. The van der Waals surface area contributed by atoms with Crippen LogP contribution in [0.15, 0.2) is 46.1 Å². The van der Waals surface area contributed by atoms with Gasteiger partial charge in [0.2, 0.25) is 5.82 Å². The summed E-state index contributed by atoms with van der Waals surface area (Å²) in [4.78, 5) is 36.8. The van der Waals surface area contributed by atoms with E-state index in [1.807, 2.05) is 35.3 Å². The number of hydrogen-bond acceptors (Lipinski definition) is 7. The molecule has 1 aromatic carbocycles. The molecular weight excluding hydrogens is 373 g/mol. The van der Waals surface area contributed by atoms with Crippen molar-refractivity contribution in [1.29, 1.82) is 0 Å². The second-order valence-corrected chi connectivity index (χ2v) is 6.50. The van der Waals surface area contributed by atoms with E-state index in [1.165, 1.54) is 0 Å². The smallest absolute Gasteiger partial charge is 0.330 e. The first kappa shape index (κ1) is 19.9. The van der Waals surface area contributed by atoms with E-state index >= 15 is 0 Å². The number of aliphatic hydroxyl groups is 1. The fraction of sp³-hybridized carbons (Fsp3) is 0.389.